The molecule has 0 spiro atoms. The van der Waals surface area contributed by atoms with Crippen LogP contribution in [0.25, 0.3) is 0 Å². The first-order valence-electron chi connectivity index (χ1n) is 5.20. The Kier molecular flexibility index (Phi) is 3.25. The number of rotatable bonds is 3. The van der Waals surface area contributed by atoms with E-state index in [9.17, 15) is 0 Å². The smallest absolute Gasteiger partial charge is 0.203 e. The fourth-order valence-corrected chi connectivity index (χ4v) is 3.38. The van der Waals surface area contributed by atoms with Crippen LogP contribution in [0.4, 0.5) is 5.13 Å². The number of hydrogen-bond acceptors (Lipinski definition) is 5. The summed E-state index contributed by atoms with van der Waals surface area (Å²) in [6, 6.07) is 2.53. The maximum Gasteiger partial charge on any atom is 0.203 e. The second kappa shape index (κ2) is 4.51. The lowest BCUT2D eigenvalue weighted by Crippen LogP contribution is -2.06. The van der Waals surface area contributed by atoms with Gasteiger partial charge in [0.1, 0.15) is 5.82 Å². The molecule has 0 fully saturated rings. The lowest BCUT2D eigenvalue weighted by molar-refractivity contribution is 0.877. The number of hydrogen-bond donors (Lipinski definition) is 1. The predicted octanol–water partition coefficient (Wildman–Crippen LogP) is 3.70. The lowest BCUT2D eigenvalue weighted by Gasteiger charge is -2.11. The van der Waals surface area contributed by atoms with E-state index in [0.29, 0.717) is 0 Å². The van der Waals surface area contributed by atoms with Gasteiger partial charge in [-0.3, -0.25) is 0 Å². The molecule has 0 bridgehead atoms. The minimum absolute atomic E-state index is 0.289. The van der Waals surface area contributed by atoms with E-state index in [1.54, 1.807) is 0 Å². The van der Waals surface area contributed by atoms with Gasteiger partial charge in [-0.15, -0.1) is 11.3 Å². The first kappa shape index (κ1) is 11.5. The first-order chi connectivity index (χ1) is 7.56. The normalized spacial score (nSPS) is 12.8. The molecule has 1 N–H and O–H groups in total. The fourth-order valence-electron chi connectivity index (χ4n) is 1.70. The van der Waals surface area contributed by atoms with Crippen molar-refractivity contribution in [1.29, 1.82) is 0 Å². The molecule has 0 aliphatic rings. The summed E-state index contributed by atoms with van der Waals surface area (Å²) in [6.07, 6.45) is 0. The van der Waals surface area contributed by atoms with Crippen molar-refractivity contribution < 1.29 is 0 Å². The molecule has 0 aliphatic carbocycles. The highest BCUT2D eigenvalue weighted by Gasteiger charge is 2.12. The Morgan fingerprint density at radius 3 is 2.56 bits per heavy atom. The standard InChI is InChI=1S/C11H15N3S2/c1-6-5-10(8(3)15-6)7(2)12-11-13-9(4)14-16-11/h5,7H,1-4H3,(H,12,13,14). The Morgan fingerprint density at radius 2 is 2.06 bits per heavy atom. The maximum absolute atomic E-state index is 4.31. The SMILES string of the molecule is Cc1nsc(NC(C)c2cc(C)sc2C)n1. The van der Waals surface area contributed by atoms with Crippen LogP contribution in [-0.2, 0) is 0 Å². The van der Waals surface area contributed by atoms with Gasteiger partial charge in [-0.25, -0.2) is 4.98 Å². The summed E-state index contributed by atoms with van der Waals surface area (Å²) in [4.78, 5) is 7.04. The zero-order chi connectivity index (χ0) is 11.7. The molecule has 3 nitrogen and oxygen atoms in total. The summed E-state index contributed by atoms with van der Waals surface area (Å²) >= 11 is 3.26. The van der Waals surface area contributed by atoms with Gasteiger partial charge in [0, 0.05) is 21.3 Å². The van der Waals surface area contributed by atoms with E-state index in [-0.39, 0.29) is 6.04 Å². The van der Waals surface area contributed by atoms with Crippen molar-refractivity contribution in [3.05, 3.63) is 27.2 Å². The van der Waals surface area contributed by atoms with Crippen LogP contribution >= 0.6 is 22.9 Å². The van der Waals surface area contributed by atoms with Gasteiger partial charge in [0.15, 0.2) is 0 Å². The Hall–Kier alpha value is -0.940. The van der Waals surface area contributed by atoms with Crippen molar-refractivity contribution in [2.45, 2.75) is 33.7 Å². The van der Waals surface area contributed by atoms with Gasteiger partial charge in [0.25, 0.3) is 0 Å². The van der Waals surface area contributed by atoms with Crippen LogP contribution in [0.5, 0.6) is 0 Å². The van der Waals surface area contributed by atoms with Crippen LogP contribution in [0, 0.1) is 20.8 Å². The highest BCUT2D eigenvalue weighted by molar-refractivity contribution is 7.12. The van der Waals surface area contributed by atoms with Crippen LogP contribution in [0.3, 0.4) is 0 Å². The monoisotopic (exact) mass is 253 g/mol. The van der Waals surface area contributed by atoms with E-state index in [2.05, 4.69) is 41.5 Å². The van der Waals surface area contributed by atoms with E-state index in [0.717, 1.165) is 11.0 Å². The highest BCUT2D eigenvalue weighted by Crippen LogP contribution is 2.28. The minimum Gasteiger partial charge on any atom is -0.354 e. The summed E-state index contributed by atoms with van der Waals surface area (Å²) in [7, 11) is 0. The molecule has 0 amide bonds. The molecule has 0 aliphatic heterocycles. The molecule has 86 valence electrons. The third-order valence-corrected chi connectivity index (χ3v) is 4.13. The van der Waals surface area contributed by atoms with Gasteiger partial charge in [-0.05, 0) is 39.3 Å². The van der Waals surface area contributed by atoms with Crippen molar-refractivity contribution in [1.82, 2.24) is 9.36 Å². The maximum atomic E-state index is 4.31. The summed E-state index contributed by atoms with van der Waals surface area (Å²) in [5.41, 5.74) is 1.36. The molecule has 2 heterocycles. The van der Waals surface area contributed by atoms with Crippen LogP contribution < -0.4 is 5.32 Å². The molecule has 0 saturated heterocycles. The quantitative estimate of drug-likeness (QED) is 0.906. The Labute approximate surface area is 104 Å². The van der Waals surface area contributed by atoms with Gasteiger partial charge in [-0.1, -0.05) is 0 Å². The molecule has 0 saturated carbocycles. The second-order valence-electron chi connectivity index (χ2n) is 3.88. The first-order valence-corrected chi connectivity index (χ1v) is 6.79. The number of nitrogens with zero attached hydrogens (tertiary/aromatic N) is 2. The summed E-state index contributed by atoms with van der Waals surface area (Å²) in [5.74, 6) is 0.831. The molecule has 5 heteroatoms. The Balaban J connectivity index is 2.14. The molecule has 1 unspecified atom stereocenters. The van der Waals surface area contributed by atoms with Crippen LogP contribution in [0.2, 0.25) is 0 Å². The van der Waals surface area contributed by atoms with Crippen molar-refractivity contribution in [2.24, 2.45) is 0 Å². The predicted molar refractivity (Wildman–Crippen MR) is 70.5 cm³/mol. The van der Waals surface area contributed by atoms with Gasteiger partial charge in [0.2, 0.25) is 5.13 Å². The molecular formula is C11H15N3S2. The van der Waals surface area contributed by atoms with Gasteiger partial charge >= 0.3 is 0 Å². The summed E-state index contributed by atoms with van der Waals surface area (Å²) < 4.78 is 4.16. The number of thiophene rings is 1. The summed E-state index contributed by atoms with van der Waals surface area (Å²) in [5, 5.41) is 4.28. The van der Waals surface area contributed by atoms with E-state index in [4.69, 9.17) is 0 Å². The molecular weight excluding hydrogens is 238 g/mol. The van der Waals surface area contributed by atoms with Crippen molar-refractivity contribution in [2.75, 3.05) is 5.32 Å². The minimum atomic E-state index is 0.289. The van der Waals surface area contributed by atoms with Crippen molar-refractivity contribution in [3.8, 4) is 0 Å². The second-order valence-corrected chi connectivity index (χ2v) is 6.09. The average molecular weight is 253 g/mol. The van der Waals surface area contributed by atoms with E-state index >= 15 is 0 Å². The molecule has 16 heavy (non-hydrogen) atoms. The van der Waals surface area contributed by atoms with Crippen LogP contribution in [0.1, 0.15) is 34.1 Å². The lowest BCUT2D eigenvalue weighted by atomic mass is 10.1. The highest BCUT2D eigenvalue weighted by atomic mass is 32.1. The number of anilines is 1. The zero-order valence-electron chi connectivity index (χ0n) is 9.87. The molecule has 2 aromatic rings. The van der Waals surface area contributed by atoms with E-state index in [1.807, 2.05) is 18.3 Å². The largest absolute Gasteiger partial charge is 0.354 e. The number of aromatic nitrogens is 2. The van der Waals surface area contributed by atoms with Crippen LogP contribution in [-0.4, -0.2) is 9.36 Å². The van der Waals surface area contributed by atoms with Gasteiger partial charge in [-0.2, -0.15) is 4.37 Å². The number of aryl methyl sites for hydroxylation is 3. The molecule has 2 aromatic heterocycles. The topological polar surface area (TPSA) is 37.8 Å². The average Bonchev–Trinajstić information content (AvgIpc) is 2.73. The summed E-state index contributed by atoms with van der Waals surface area (Å²) in [6.45, 7) is 8.37. The van der Waals surface area contributed by atoms with E-state index in [1.165, 1.54) is 26.9 Å². The molecule has 1 atom stereocenters. The molecule has 0 aromatic carbocycles. The van der Waals surface area contributed by atoms with Crippen molar-refractivity contribution in [3.63, 3.8) is 0 Å². The van der Waals surface area contributed by atoms with E-state index < -0.39 is 0 Å². The number of nitrogens with one attached hydrogen (secondary N) is 1. The van der Waals surface area contributed by atoms with Crippen molar-refractivity contribution >= 4 is 28.0 Å². The third kappa shape index (κ3) is 2.41. The molecule has 0 radical (unpaired) electrons. The van der Waals surface area contributed by atoms with Gasteiger partial charge < -0.3 is 5.32 Å². The van der Waals surface area contributed by atoms with Crippen LogP contribution in [0.15, 0.2) is 6.07 Å². The Morgan fingerprint density at radius 1 is 1.31 bits per heavy atom. The van der Waals surface area contributed by atoms with Gasteiger partial charge in [0.05, 0.1) is 6.04 Å². The third-order valence-electron chi connectivity index (χ3n) is 2.41. The Bertz CT molecular complexity index is 487. The fraction of sp³-hybridized carbons (Fsp3) is 0.455. The zero-order valence-corrected chi connectivity index (χ0v) is 11.5. The molecule has 2 rings (SSSR count).